The molecule has 1 fully saturated rings. The molecule has 1 saturated carbocycles. The largest absolute Gasteiger partial charge is 0.352 e. The molecule has 0 aromatic heterocycles. The van der Waals surface area contributed by atoms with Gasteiger partial charge in [0.05, 0.1) is 6.42 Å². The molecule has 31 heavy (non-hydrogen) atoms. The molecule has 0 bridgehead atoms. The summed E-state index contributed by atoms with van der Waals surface area (Å²) in [6.45, 7) is 2.11. The van der Waals surface area contributed by atoms with Crippen LogP contribution in [0.3, 0.4) is 0 Å². The molecule has 166 valence electrons. The number of amides is 2. The van der Waals surface area contributed by atoms with Gasteiger partial charge in [0.1, 0.15) is 11.9 Å². The van der Waals surface area contributed by atoms with Crippen LogP contribution in [0.5, 0.6) is 0 Å². The maximum atomic E-state index is 14.3. The van der Waals surface area contributed by atoms with Crippen molar-refractivity contribution in [1.82, 2.24) is 10.2 Å². The lowest BCUT2D eigenvalue weighted by Crippen LogP contribution is -2.51. The minimum Gasteiger partial charge on any atom is -0.352 e. The Morgan fingerprint density at radius 2 is 1.81 bits per heavy atom. The standard InChI is InChI=1S/C25H30ClFN2O2/c1-18(25(31)28-20-11-6-3-7-12-20)29(16-15-19-9-4-2-5-10-19)24(30)17-21-22(26)13-8-14-23(21)27/h2,4-5,8-10,13-14,18,20H,3,6-7,11-12,15-17H2,1H3,(H,28,31)/t18-/m0/s1. The van der Waals surface area contributed by atoms with Crippen LogP contribution >= 0.6 is 11.6 Å². The number of halogens is 2. The molecule has 2 aromatic rings. The Kier molecular flexibility index (Phi) is 8.47. The Morgan fingerprint density at radius 1 is 1.10 bits per heavy atom. The summed E-state index contributed by atoms with van der Waals surface area (Å²) in [5.74, 6) is -0.981. The van der Waals surface area contributed by atoms with Crippen molar-refractivity contribution in [3.63, 3.8) is 0 Å². The molecule has 0 spiro atoms. The zero-order valence-electron chi connectivity index (χ0n) is 17.9. The fourth-order valence-electron chi connectivity index (χ4n) is 4.09. The molecule has 1 aliphatic rings. The highest BCUT2D eigenvalue weighted by Gasteiger charge is 2.28. The van der Waals surface area contributed by atoms with Crippen molar-refractivity contribution in [3.8, 4) is 0 Å². The Labute approximate surface area is 188 Å². The van der Waals surface area contributed by atoms with Crippen LogP contribution in [-0.2, 0) is 22.4 Å². The Hall–Kier alpha value is -2.40. The fourth-order valence-corrected chi connectivity index (χ4v) is 4.32. The van der Waals surface area contributed by atoms with Crippen LogP contribution in [0.15, 0.2) is 48.5 Å². The van der Waals surface area contributed by atoms with E-state index in [9.17, 15) is 14.0 Å². The zero-order chi connectivity index (χ0) is 22.2. The summed E-state index contributed by atoms with van der Waals surface area (Å²) in [6.07, 6.45) is 5.80. The van der Waals surface area contributed by atoms with Crippen molar-refractivity contribution in [1.29, 1.82) is 0 Å². The van der Waals surface area contributed by atoms with E-state index in [4.69, 9.17) is 11.6 Å². The lowest BCUT2D eigenvalue weighted by atomic mass is 9.95. The van der Waals surface area contributed by atoms with Gasteiger partial charge in [-0.1, -0.05) is 67.3 Å². The van der Waals surface area contributed by atoms with Crippen LogP contribution < -0.4 is 5.32 Å². The first kappa shape index (κ1) is 23.3. The molecule has 4 nitrogen and oxygen atoms in total. The van der Waals surface area contributed by atoms with E-state index in [-0.39, 0.29) is 34.9 Å². The van der Waals surface area contributed by atoms with Crippen LogP contribution in [0, 0.1) is 5.82 Å². The third-order valence-corrected chi connectivity index (χ3v) is 6.35. The number of hydrogen-bond acceptors (Lipinski definition) is 2. The highest BCUT2D eigenvalue weighted by molar-refractivity contribution is 6.31. The van der Waals surface area contributed by atoms with Gasteiger partial charge in [0.25, 0.3) is 0 Å². The van der Waals surface area contributed by atoms with E-state index >= 15 is 0 Å². The van der Waals surface area contributed by atoms with Gasteiger partial charge in [-0.3, -0.25) is 9.59 Å². The van der Waals surface area contributed by atoms with E-state index in [2.05, 4.69) is 5.32 Å². The molecule has 1 N–H and O–H groups in total. The molecule has 0 aliphatic heterocycles. The lowest BCUT2D eigenvalue weighted by Gasteiger charge is -2.31. The summed E-state index contributed by atoms with van der Waals surface area (Å²) < 4.78 is 14.3. The Morgan fingerprint density at radius 3 is 2.48 bits per heavy atom. The van der Waals surface area contributed by atoms with Crippen LogP contribution in [0.1, 0.15) is 50.2 Å². The first-order chi connectivity index (χ1) is 15.0. The van der Waals surface area contributed by atoms with Gasteiger partial charge in [-0.15, -0.1) is 0 Å². The molecule has 0 unspecified atom stereocenters. The maximum absolute atomic E-state index is 14.3. The molecule has 1 aliphatic carbocycles. The third-order valence-electron chi connectivity index (χ3n) is 5.99. The first-order valence-corrected chi connectivity index (χ1v) is 11.4. The molecule has 0 heterocycles. The van der Waals surface area contributed by atoms with E-state index in [1.165, 1.54) is 18.6 Å². The molecule has 0 saturated heterocycles. The van der Waals surface area contributed by atoms with Gasteiger partial charge in [-0.2, -0.15) is 0 Å². The average molecular weight is 445 g/mol. The van der Waals surface area contributed by atoms with Crippen molar-refractivity contribution in [3.05, 3.63) is 70.5 Å². The number of nitrogens with one attached hydrogen (secondary N) is 1. The van der Waals surface area contributed by atoms with E-state index in [0.29, 0.717) is 13.0 Å². The van der Waals surface area contributed by atoms with E-state index in [1.54, 1.807) is 17.9 Å². The number of rotatable bonds is 8. The topological polar surface area (TPSA) is 49.4 Å². The Bertz CT molecular complexity index is 864. The van der Waals surface area contributed by atoms with Gasteiger partial charge in [-0.05, 0) is 43.9 Å². The van der Waals surface area contributed by atoms with Gasteiger partial charge in [0.15, 0.2) is 0 Å². The second-order valence-corrected chi connectivity index (χ2v) is 8.63. The molecule has 2 amide bonds. The van der Waals surface area contributed by atoms with Crippen LogP contribution in [0.2, 0.25) is 5.02 Å². The zero-order valence-corrected chi connectivity index (χ0v) is 18.7. The molecule has 6 heteroatoms. The van der Waals surface area contributed by atoms with Crippen molar-refractivity contribution in [2.45, 2.75) is 64.0 Å². The monoisotopic (exact) mass is 444 g/mol. The summed E-state index contributed by atoms with van der Waals surface area (Å²) in [4.78, 5) is 27.7. The van der Waals surface area contributed by atoms with Crippen LogP contribution in [0.4, 0.5) is 4.39 Å². The summed E-state index contributed by atoms with van der Waals surface area (Å²) >= 11 is 6.13. The van der Waals surface area contributed by atoms with Gasteiger partial charge >= 0.3 is 0 Å². The second kappa shape index (κ2) is 11.3. The molecule has 3 rings (SSSR count). The second-order valence-electron chi connectivity index (χ2n) is 8.22. The SMILES string of the molecule is C[C@@H](C(=O)NC1CCCCC1)N(CCc1ccccc1)C(=O)Cc1c(F)cccc1Cl. The highest BCUT2D eigenvalue weighted by atomic mass is 35.5. The predicted molar refractivity (Wildman–Crippen MR) is 121 cm³/mol. The minimum atomic E-state index is -0.649. The molecule has 0 radical (unpaired) electrons. The minimum absolute atomic E-state index is 0.159. The first-order valence-electron chi connectivity index (χ1n) is 11.0. The summed E-state index contributed by atoms with van der Waals surface area (Å²) in [7, 11) is 0. The number of carbonyl (C=O) groups is 2. The number of carbonyl (C=O) groups excluding carboxylic acids is 2. The molecule has 1 atom stereocenters. The normalized spacial score (nSPS) is 15.3. The average Bonchev–Trinajstić information content (AvgIpc) is 2.77. The van der Waals surface area contributed by atoms with Crippen LogP contribution in [0.25, 0.3) is 0 Å². The number of nitrogens with zero attached hydrogens (tertiary/aromatic N) is 1. The molecule has 2 aromatic carbocycles. The van der Waals surface area contributed by atoms with E-state index < -0.39 is 11.9 Å². The van der Waals surface area contributed by atoms with E-state index in [1.807, 2.05) is 30.3 Å². The molecular formula is C25H30ClFN2O2. The Balaban J connectivity index is 1.74. The fraction of sp³-hybridized carbons (Fsp3) is 0.440. The highest BCUT2D eigenvalue weighted by Crippen LogP contribution is 2.21. The smallest absolute Gasteiger partial charge is 0.242 e. The predicted octanol–water partition coefficient (Wildman–Crippen LogP) is 4.93. The summed E-state index contributed by atoms with van der Waals surface area (Å²) in [6, 6.07) is 13.7. The van der Waals surface area contributed by atoms with Gasteiger partial charge in [0.2, 0.25) is 11.8 Å². The van der Waals surface area contributed by atoms with E-state index in [0.717, 1.165) is 31.2 Å². The van der Waals surface area contributed by atoms with Gasteiger partial charge < -0.3 is 10.2 Å². The van der Waals surface area contributed by atoms with Crippen LogP contribution in [-0.4, -0.2) is 35.3 Å². The summed E-state index contributed by atoms with van der Waals surface area (Å²) in [5, 5.41) is 3.32. The number of hydrogen-bond donors (Lipinski definition) is 1. The van der Waals surface area contributed by atoms with Crippen molar-refractivity contribution in [2.75, 3.05) is 6.54 Å². The maximum Gasteiger partial charge on any atom is 0.242 e. The van der Waals surface area contributed by atoms with Crippen molar-refractivity contribution in [2.24, 2.45) is 0 Å². The number of benzene rings is 2. The van der Waals surface area contributed by atoms with Crippen molar-refractivity contribution >= 4 is 23.4 Å². The van der Waals surface area contributed by atoms with Gasteiger partial charge in [-0.25, -0.2) is 4.39 Å². The van der Waals surface area contributed by atoms with Gasteiger partial charge in [0, 0.05) is 23.2 Å². The lowest BCUT2D eigenvalue weighted by molar-refractivity contribution is -0.139. The van der Waals surface area contributed by atoms with Crippen molar-refractivity contribution < 1.29 is 14.0 Å². The third kappa shape index (κ3) is 6.54. The quantitative estimate of drug-likeness (QED) is 0.627. The summed E-state index contributed by atoms with van der Waals surface area (Å²) in [5.41, 5.74) is 1.24. The molecular weight excluding hydrogens is 415 g/mol.